The van der Waals surface area contributed by atoms with E-state index in [9.17, 15) is 9.90 Å². The topological polar surface area (TPSA) is 55.1 Å². The quantitative estimate of drug-likeness (QED) is 0.478. The molecular formula is C22H26N2O2S2. The summed E-state index contributed by atoms with van der Waals surface area (Å²) in [7, 11) is 0. The van der Waals surface area contributed by atoms with Crippen molar-refractivity contribution in [3.63, 3.8) is 0 Å². The lowest BCUT2D eigenvalue weighted by Gasteiger charge is -2.18. The number of hydrogen-bond acceptors (Lipinski definition) is 5. The Labute approximate surface area is 173 Å². The van der Waals surface area contributed by atoms with Crippen molar-refractivity contribution in [2.45, 2.75) is 63.3 Å². The van der Waals surface area contributed by atoms with Gasteiger partial charge in [0.05, 0.1) is 11.0 Å². The van der Waals surface area contributed by atoms with Crippen LogP contribution >= 0.6 is 23.1 Å². The van der Waals surface area contributed by atoms with Crippen molar-refractivity contribution in [3.8, 4) is 0 Å². The van der Waals surface area contributed by atoms with Gasteiger partial charge in [0.25, 0.3) is 5.56 Å². The lowest BCUT2D eigenvalue weighted by Crippen LogP contribution is -2.27. The van der Waals surface area contributed by atoms with Gasteiger partial charge in [0.15, 0.2) is 5.16 Å². The average molecular weight is 415 g/mol. The van der Waals surface area contributed by atoms with Crippen molar-refractivity contribution in [2.75, 3.05) is 5.75 Å². The fourth-order valence-corrected chi connectivity index (χ4v) is 5.93. The highest BCUT2D eigenvalue weighted by Gasteiger charge is 2.23. The van der Waals surface area contributed by atoms with Crippen LogP contribution in [0, 0.1) is 0 Å². The molecule has 0 aliphatic heterocycles. The van der Waals surface area contributed by atoms with E-state index in [0.717, 1.165) is 35.9 Å². The molecule has 3 aromatic rings. The smallest absolute Gasteiger partial charge is 0.263 e. The van der Waals surface area contributed by atoms with E-state index in [0.29, 0.717) is 17.5 Å². The van der Waals surface area contributed by atoms with Crippen molar-refractivity contribution in [1.29, 1.82) is 0 Å². The highest BCUT2D eigenvalue weighted by molar-refractivity contribution is 7.99. The highest BCUT2D eigenvalue weighted by Crippen LogP contribution is 2.35. The number of thiophene rings is 1. The van der Waals surface area contributed by atoms with E-state index in [1.165, 1.54) is 34.2 Å². The number of benzene rings is 1. The Morgan fingerprint density at radius 2 is 1.96 bits per heavy atom. The Hall–Kier alpha value is -1.63. The van der Waals surface area contributed by atoms with Crippen molar-refractivity contribution in [3.05, 3.63) is 56.7 Å². The van der Waals surface area contributed by atoms with Crippen LogP contribution in [0.4, 0.5) is 0 Å². The molecule has 0 saturated carbocycles. The minimum atomic E-state index is -0.809. The van der Waals surface area contributed by atoms with Crippen LogP contribution < -0.4 is 5.56 Å². The largest absolute Gasteiger partial charge is 0.390 e. The number of aryl methyl sites for hydroxylation is 3. The zero-order chi connectivity index (χ0) is 19.7. The first-order valence-electron chi connectivity index (χ1n) is 9.86. The van der Waals surface area contributed by atoms with Gasteiger partial charge >= 0.3 is 0 Å². The first kappa shape index (κ1) is 19.7. The lowest BCUT2D eigenvalue weighted by atomic mass is 9.97. The molecule has 2 aromatic heterocycles. The van der Waals surface area contributed by atoms with Crippen LogP contribution in [-0.4, -0.2) is 26.0 Å². The number of aromatic nitrogens is 2. The summed E-state index contributed by atoms with van der Waals surface area (Å²) >= 11 is 3.16. The van der Waals surface area contributed by atoms with Gasteiger partial charge in [-0.25, -0.2) is 4.98 Å². The van der Waals surface area contributed by atoms with Crippen molar-refractivity contribution in [1.82, 2.24) is 9.55 Å². The van der Waals surface area contributed by atoms with Gasteiger partial charge in [0.1, 0.15) is 4.83 Å². The van der Waals surface area contributed by atoms with Crippen LogP contribution in [0.25, 0.3) is 10.2 Å². The lowest BCUT2D eigenvalue weighted by molar-refractivity contribution is 0.107. The third-order valence-electron chi connectivity index (χ3n) is 5.06. The summed E-state index contributed by atoms with van der Waals surface area (Å²) in [5.41, 5.74) is 1.71. The Kier molecular flexibility index (Phi) is 5.63. The number of thioether (sulfide) groups is 1. The van der Waals surface area contributed by atoms with E-state index < -0.39 is 5.60 Å². The van der Waals surface area contributed by atoms with Crippen LogP contribution in [0.2, 0.25) is 0 Å². The number of nitrogens with zero attached hydrogens (tertiary/aromatic N) is 2. The maximum atomic E-state index is 13.5. The third-order valence-corrected chi connectivity index (χ3v) is 7.67. The number of rotatable bonds is 6. The molecular weight excluding hydrogens is 388 g/mol. The summed E-state index contributed by atoms with van der Waals surface area (Å²) in [4.78, 5) is 20.6. The SMILES string of the molecule is CC(C)(O)CSc1nc2sc3c(c2c(=O)n1CCc1ccccc1)CCCC3. The van der Waals surface area contributed by atoms with Crippen LogP contribution in [0.5, 0.6) is 0 Å². The second kappa shape index (κ2) is 8.01. The first-order valence-corrected chi connectivity index (χ1v) is 11.7. The molecule has 0 radical (unpaired) electrons. The van der Waals surface area contributed by atoms with Gasteiger partial charge in [0.2, 0.25) is 0 Å². The Morgan fingerprint density at radius 1 is 1.21 bits per heavy atom. The molecule has 0 atom stereocenters. The van der Waals surface area contributed by atoms with Crippen LogP contribution in [0.1, 0.15) is 42.7 Å². The fraction of sp³-hybridized carbons (Fsp3) is 0.455. The average Bonchev–Trinajstić information content (AvgIpc) is 3.04. The van der Waals surface area contributed by atoms with Gasteiger partial charge in [-0.1, -0.05) is 42.1 Å². The van der Waals surface area contributed by atoms with E-state index in [1.54, 1.807) is 25.2 Å². The summed E-state index contributed by atoms with van der Waals surface area (Å²) in [6.07, 6.45) is 5.18. The van der Waals surface area contributed by atoms with Crippen LogP contribution in [0.15, 0.2) is 40.3 Å². The fourth-order valence-electron chi connectivity index (χ4n) is 3.65. The monoisotopic (exact) mass is 414 g/mol. The molecule has 0 amide bonds. The maximum absolute atomic E-state index is 13.5. The Morgan fingerprint density at radius 3 is 2.71 bits per heavy atom. The molecule has 1 aliphatic rings. The molecule has 1 aliphatic carbocycles. The van der Waals surface area contributed by atoms with Gasteiger partial charge in [-0.15, -0.1) is 11.3 Å². The molecule has 4 nitrogen and oxygen atoms in total. The molecule has 1 N–H and O–H groups in total. The predicted octanol–water partition coefficient (Wildman–Crippen LogP) is 4.44. The second-order valence-corrected chi connectivity index (χ2v) is 10.1. The van der Waals surface area contributed by atoms with Crippen LogP contribution in [-0.2, 0) is 25.8 Å². The number of aliphatic hydroxyl groups is 1. The molecule has 4 rings (SSSR count). The molecule has 0 unspecified atom stereocenters. The van der Waals surface area contributed by atoms with E-state index in [-0.39, 0.29) is 5.56 Å². The van der Waals surface area contributed by atoms with E-state index in [1.807, 2.05) is 22.8 Å². The van der Waals surface area contributed by atoms with Gasteiger partial charge in [-0.05, 0) is 57.1 Å². The minimum Gasteiger partial charge on any atom is -0.390 e. The summed E-state index contributed by atoms with van der Waals surface area (Å²) in [6.45, 7) is 4.17. The number of fused-ring (bicyclic) bond motifs is 3. The van der Waals surface area contributed by atoms with Crippen molar-refractivity contribution < 1.29 is 5.11 Å². The van der Waals surface area contributed by atoms with Gasteiger partial charge in [-0.3, -0.25) is 9.36 Å². The molecule has 0 bridgehead atoms. The highest BCUT2D eigenvalue weighted by atomic mass is 32.2. The van der Waals surface area contributed by atoms with Crippen LogP contribution in [0.3, 0.4) is 0 Å². The first-order chi connectivity index (χ1) is 13.4. The van der Waals surface area contributed by atoms with Gasteiger partial charge < -0.3 is 5.11 Å². The maximum Gasteiger partial charge on any atom is 0.263 e. The molecule has 0 saturated heterocycles. The van der Waals surface area contributed by atoms with Gasteiger partial charge in [0, 0.05) is 17.2 Å². The Bertz CT molecular complexity index is 1030. The molecule has 1 aromatic carbocycles. The zero-order valence-corrected chi connectivity index (χ0v) is 18.0. The normalized spacial score (nSPS) is 14.4. The van der Waals surface area contributed by atoms with Gasteiger partial charge in [-0.2, -0.15) is 0 Å². The summed E-state index contributed by atoms with van der Waals surface area (Å²) in [5.74, 6) is 0.501. The van der Waals surface area contributed by atoms with Crippen molar-refractivity contribution >= 4 is 33.3 Å². The number of hydrogen-bond donors (Lipinski definition) is 1. The molecule has 0 fully saturated rings. The van der Waals surface area contributed by atoms with E-state index >= 15 is 0 Å². The molecule has 6 heteroatoms. The van der Waals surface area contributed by atoms with E-state index in [2.05, 4.69) is 12.1 Å². The predicted molar refractivity (Wildman–Crippen MR) is 118 cm³/mol. The zero-order valence-electron chi connectivity index (χ0n) is 16.4. The molecule has 148 valence electrons. The molecule has 2 heterocycles. The molecule has 0 spiro atoms. The van der Waals surface area contributed by atoms with Crippen molar-refractivity contribution in [2.24, 2.45) is 0 Å². The molecule has 28 heavy (non-hydrogen) atoms. The standard InChI is InChI=1S/C22H26N2O2S2/c1-22(2,26)14-27-21-23-19-18(16-10-6-7-11-17(16)28-19)20(25)24(21)13-12-15-8-4-3-5-9-15/h3-5,8-9,26H,6-7,10-14H2,1-2H3. The summed E-state index contributed by atoms with van der Waals surface area (Å²) in [5, 5.41) is 11.7. The summed E-state index contributed by atoms with van der Waals surface area (Å²) in [6, 6.07) is 10.2. The summed E-state index contributed by atoms with van der Waals surface area (Å²) < 4.78 is 1.83. The Balaban J connectivity index is 1.76. The minimum absolute atomic E-state index is 0.0820. The van der Waals surface area contributed by atoms with E-state index in [4.69, 9.17) is 4.98 Å². The second-order valence-electron chi connectivity index (χ2n) is 8.08. The third kappa shape index (κ3) is 4.19.